The topological polar surface area (TPSA) is 52.0 Å². The fourth-order valence-electron chi connectivity index (χ4n) is 0.825. The molecule has 0 aliphatic carbocycles. The van der Waals surface area contributed by atoms with Crippen molar-refractivity contribution in [1.82, 2.24) is 4.98 Å². The van der Waals surface area contributed by atoms with Crippen molar-refractivity contribution in [2.45, 2.75) is 0 Å². The zero-order chi connectivity index (χ0) is 7.68. The molecule has 2 rings (SSSR count). The van der Waals surface area contributed by atoms with Gasteiger partial charge in [0.1, 0.15) is 12.0 Å². The molecule has 0 radical (unpaired) electrons. The van der Waals surface area contributed by atoms with Crippen molar-refractivity contribution < 1.29 is 4.42 Å². The van der Waals surface area contributed by atoms with Gasteiger partial charge in [0.05, 0.1) is 4.88 Å². The Morgan fingerprint density at radius 2 is 2.45 bits per heavy atom. The van der Waals surface area contributed by atoms with Gasteiger partial charge in [-0.25, -0.2) is 0 Å². The lowest BCUT2D eigenvalue weighted by molar-refractivity contribution is 0.581. The van der Waals surface area contributed by atoms with Crippen LogP contribution < -0.4 is 5.73 Å². The van der Waals surface area contributed by atoms with E-state index in [0.717, 1.165) is 10.6 Å². The van der Waals surface area contributed by atoms with Gasteiger partial charge in [0.25, 0.3) is 6.01 Å². The van der Waals surface area contributed by atoms with Gasteiger partial charge >= 0.3 is 0 Å². The summed E-state index contributed by atoms with van der Waals surface area (Å²) in [5.41, 5.74) is 6.11. The minimum atomic E-state index is 0.216. The van der Waals surface area contributed by atoms with Crippen molar-refractivity contribution in [1.29, 1.82) is 0 Å². The molecule has 0 spiro atoms. The van der Waals surface area contributed by atoms with Crippen LogP contribution in [0.5, 0.6) is 0 Å². The van der Waals surface area contributed by atoms with Crippen LogP contribution in [-0.4, -0.2) is 4.98 Å². The van der Waals surface area contributed by atoms with Crippen molar-refractivity contribution in [3.63, 3.8) is 0 Å². The Morgan fingerprint density at radius 3 is 3.00 bits per heavy atom. The smallest absolute Gasteiger partial charge is 0.292 e. The molecule has 11 heavy (non-hydrogen) atoms. The van der Waals surface area contributed by atoms with Crippen molar-refractivity contribution in [3.05, 3.63) is 23.8 Å². The zero-order valence-electron chi connectivity index (χ0n) is 5.65. The number of anilines is 1. The monoisotopic (exact) mass is 166 g/mol. The third kappa shape index (κ3) is 1.12. The van der Waals surface area contributed by atoms with Crippen LogP contribution in [0.25, 0.3) is 10.6 Å². The van der Waals surface area contributed by atoms with Gasteiger partial charge in [0.2, 0.25) is 0 Å². The van der Waals surface area contributed by atoms with Gasteiger partial charge in [-0.05, 0) is 11.4 Å². The molecule has 2 N–H and O–H groups in total. The minimum absolute atomic E-state index is 0.216. The molecule has 56 valence electrons. The molecule has 0 aromatic carbocycles. The Morgan fingerprint density at radius 1 is 1.55 bits per heavy atom. The summed E-state index contributed by atoms with van der Waals surface area (Å²) >= 11 is 1.61. The first-order valence-corrected chi connectivity index (χ1v) is 3.99. The van der Waals surface area contributed by atoms with Crippen LogP contribution in [0, 0.1) is 0 Å². The number of hydrogen-bond acceptors (Lipinski definition) is 4. The third-order valence-corrected chi connectivity index (χ3v) is 2.19. The summed E-state index contributed by atoms with van der Waals surface area (Å²) in [6.07, 6.45) is 1.56. The molecule has 3 nitrogen and oxygen atoms in total. The van der Waals surface area contributed by atoms with Gasteiger partial charge in [0, 0.05) is 0 Å². The molecule has 2 heterocycles. The molecule has 0 unspecified atom stereocenters. The number of rotatable bonds is 1. The van der Waals surface area contributed by atoms with Crippen molar-refractivity contribution in [2.24, 2.45) is 0 Å². The van der Waals surface area contributed by atoms with E-state index in [2.05, 4.69) is 4.98 Å². The van der Waals surface area contributed by atoms with E-state index in [1.807, 2.05) is 17.5 Å². The van der Waals surface area contributed by atoms with E-state index in [1.165, 1.54) is 0 Å². The molecule has 4 heteroatoms. The number of nitrogens with zero attached hydrogens (tertiary/aromatic N) is 1. The van der Waals surface area contributed by atoms with E-state index in [9.17, 15) is 0 Å². The number of hydrogen-bond donors (Lipinski definition) is 1. The fraction of sp³-hybridized carbons (Fsp3) is 0. The molecule has 0 amide bonds. The second kappa shape index (κ2) is 2.39. The highest BCUT2D eigenvalue weighted by atomic mass is 32.1. The fourth-order valence-corrected chi connectivity index (χ4v) is 1.50. The number of aromatic nitrogens is 1. The highest BCUT2D eigenvalue weighted by molar-refractivity contribution is 7.13. The number of oxazole rings is 1. The summed E-state index contributed by atoms with van der Waals surface area (Å²) in [5, 5.41) is 1.99. The lowest BCUT2D eigenvalue weighted by Gasteiger charge is -1.82. The zero-order valence-corrected chi connectivity index (χ0v) is 6.47. The number of nitrogen functional groups attached to an aromatic ring is 1. The predicted octanol–water partition coefficient (Wildman–Crippen LogP) is 1.99. The van der Waals surface area contributed by atoms with Crippen LogP contribution in [-0.2, 0) is 0 Å². The van der Waals surface area contributed by atoms with Gasteiger partial charge in [-0.1, -0.05) is 6.07 Å². The SMILES string of the molecule is Nc1nc(-c2cccs2)co1. The number of thiophene rings is 1. The second-order valence-electron chi connectivity index (χ2n) is 2.05. The molecule has 2 aromatic heterocycles. The van der Waals surface area contributed by atoms with Crippen LogP contribution in [0.2, 0.25) is 0 Å². The van der Waals surface area contributed by atoms with Crippen LogP contribution in [0.1, 0.15) is 0 Å². The van der Waals surface area contributed by atoms with Gasteiger partial charge in [-0.2, -0.15) is 4.98 Å². The highest BCUT2D eigenvalue weighted by Crippen LogP contribution is 2.23. The van der Waals surface area contributed by atoms with Crippen LogP contribution in [0.3, 0.4) is 0 Å². The van der Waals surface area contributed by atoms with E-state index in [-0.39, 0.29) is 6.01 Å². The Labute approximate surface area is 67.5 Å². The van der Waals surface area contributed by atoms with Crippen LogP contribution in [0.15, 0.2) is 28.2 Å². The summed E-state index contributed by atoms with van der Waals surface area (Å²) in [6, 6.07) is 4.15. The van der Waals surface area contributed by atoms with Crippen molar-refractivity contribution in [2.75, 3.05) is 5.73 Å². The highest BCUT2D eigenvalue weighted by Gasteiger charge is 2.02. The first-order chi connectivity index (χ1) is 5.36. The van der Waals surface area contributed by atoms with Crippen molar-refractivity contribution in [3.8, 4) is 10.6 Å². The summed E-state index contributed by atoms with van der Waals surface area (Å²) in [5.74, 6) is 0. The first kappa shape index (κ1) is 6.42. The third-order valence-electron chi connectivity index (χ3n) is 1.30. The molecule has 0 saturated carbocycles. The standard InChI is InChI=1S/C7H6N2OS/c8-7-9-5(4-10-7)6-2-1-3-11-6/h1-4H,(H2,8,9). The lowest BCUT2D eigenvalue weighted by atomic mass is 10.4. The molecule has 0 saturated heterocycles. The Hall–Kier alpha value is -1.29. The van der Waals surface area contributed by atoms with Crippen LogP contribution >= 0.6 is 11.3 Å². The molecule has 0 bridgehead atoms. The lowest BCUT2D eigenvalue weighted by Crippen LogP contribution is -1.81. The van der Waals surface area contributed by atoms with E-state index >= 15 is 0 Å². The molecular formula is C7H6N2OS. The van der Waals surface area contributed by atoms with E-state index in [1.54, 1.807) is 17.6 Å². The average molecular weight is 166 g/mol. The summed E-state index contributed by atoms with van der Waals surface area (Å²) in [7, 11) is 0. The summed E-state index contributed by atoms with van der Waals surface area (Å²) < 4.78 is 4.86. The Balaban J connectivity index is 2.45. The Bertz CT molecular complexity index is 339. The quantitative estimate of drug-likeness (QED) is 0.704. The Kier molecular flexibility index (Phi) is 1.40. The van der Waals surface area contributed by atoms with E-state index < -0.39 is 0 Å². The van der Waals surface area contributed by atoms with Crippen molar-refractivity contribution >= 4 is 17.4 Å². The first-order valence-electron chi connectivity index (χ1n) is 3.11. The largest absolute Gasteiger partial charge is 0.432 e. The maximum Gasteiger partial charge on any atom is 0.292 e. The average Bonchev–Trinajstić information content (AvgIpc) is 2.55. The maximum absolute atomic E-state index is 5.31. The molecular weight excluding hydrogens is 160 g/mol. The number of nitrogens with two attached hydrogens (primary N) is 1. The minimum Gasteiger partial charge on any atom is -0.432 e. The summed E-state index contributed by atoms with van der Waals surface area (Å²) in [6.45, 7) is 0. The molecule has 0 aliphatic rings. The van der Waals surface area contributed by atoms with Gasteiger partial charge in [-0.3, -0.25) is 0 Å². The molecule has 2 aromatic rings. The van der Waals surface area contributed by atoms with Gasteiger partial charge < -0.3 is 10.2 Å². The molecule has 0 atom stereocenters. The molecule has 0 fully saturated rings. The van der Waals surface area contributed by atoms with Gasteiger partial charge in [-0.15, -0.1) is 11.3 Å². The summed E-state index contributed by atoms with van der Waals surface area (Å²) in [4.78, 5) is 5.05. The predicted molar refractivity (Wildman–Crippen MR) is 44.2 cm³/mol. The van der Waals surface area contributed by atoms with E-state index in [4.69, 9.17) is 10.2 Å². The van der Waals surface area contributed by atoms with Gasteiger partial charge in [0.15, 0.2) is 0 Å². The normalized spacial score (nSPS) is 10.2. The van der Waals surface area contributed by atoms with Crippen LogP contribution in [0.4, 0.5) is 6.01 Å². The molecule has 0 aliphatic heterocycles. The second-order valence-corrected chi connectivity index (χ2v) is 3.00. The maximum atomic E-state index is 5.31. The van der Waals surface area contributed by atoms with E-state index in [0.29, 0.717) is 0 Å².